The highest BCUT2D eigenvalue weighted by molar-refractivity contribution is 6.00. The monoisotopic (exact) mass is 468 g/mol. The zero-order chi connectivity index (χ0) is 24.5. The van der Waals surface area contributed by atoms with Crippen LogP contribution in [0.25, 0.3) is 0 Å². The third-order valence-electron chi connectivity index (χ3n) is 5.32. The van der Waals surface area contributed by atoms with E-state index in [1.165, 1.54) is 4.90 Å². The largest absolute Gasteiger partial charge is 0.497 e. The van der Waals surface area contributed by atoms with Crippen molar-refractivity contribution in [3.05, 3.63) is 54.1 Å². The van der Waals surface area contributed by atoms with E-state index in [2.05, 4.69) is 5.32 Å². The van der Waals surface area contributed by atoms with Gasteiger partial charge in [-0.2, -0.15) is 0 Å². The second-order valence-corrected chi connectivity index (χ2v) is 7.83. The van der Waals surface area contributed by atoms with Gasteiger partial charge in [0.25, 0.3) is 5.91 Å². The molecular weight excluding hydrogens is 440 g/mol. The van der Waals surface area contributed by atoms with Crippen LogP contribution in [0.2, 0.25) is 0 Å². The Balaban J connectivity index is 1.45. The van der Waals surface area contributed by atoms with Gasteiger partial charge in [0.2, 0.25) is 5.91 Å². The van der Waals surface area contributed by atoms with Crippen LogP contribution in [0.4, 0.5) is 11.4 Å². The molecule has 3 rings (SSSR count). The lowest BCUT2D eigenvalue weighted by Gasteiger charge is -2.16. The van der Waals surface area contributed by atoms with E-state index in [1.54, 1.807) is 55.6 Å². The summed E-state index contributed by atoms with van der Waals surface area (Å²) in [6.45, 7) is 2.07. The molecule has 1 atom stereocenters. The summed E-state index contributed by atoms with van der Waals surface area (Å²) in [5.41, 5.74) is 1.50. The molecule has 2 aromatic rings. The zero-order valence-corrected chi connectivity index (χ0v) is 19.2. The van der Waals surface area contributed by atoms with Gasteiger partial charge >= 0.3 is 11.9 Å². The van der Waals surface area contributed by atoms with Crippen molar-refractivity contribution in [1.29, 1.82) is 0 Å². The standard InChI is InChI=1S/C25H28N2O7/c1-3-4-13-33-24(30)17-5-7-19(8-6-17)26-22(28)16-34-25(31)18-14-23(29)27(15-18)20-9-11-21(32-2)12-10-20/h5-12,18H,3-4,13-16H2,1-2H3,(H,26,28)/t18-/m0/s1. The van der Waals surface area contributed by atoms with Crippen LogP contribution in [0.1, 0.15) is 36.5 Å². The normalized spacial score (nSPS) is 15.1. The number of benzene rings is 2. The van der Waals surface area contributed by atoms with Crippen LogP contribution >= 0.6 is 0 Å². The van der Waals surface area contributed by atoms with Crippen molar-refractivity contribution in [2.24, 2.45) is 5.92 Å². The van der Waals surface area contributed by atoms with Crippen LogP contribution < -0.4 is 15.0 Å². The van der Waals surface area contributed by atoms with Crippen LogP contribution in [-0.2, 0) is 23.9 Å². The van der Waals surface area contributed by atoms with Gasteiger partial charge in [-0.1, -0.05) is 13.3 Å². The Kier molecular flexibility index (Phi) is 8.61. The van der Waals surface area contributed by atoms with Gasteiger partial charge < -0.3 is 24.4 Å². The molecule has 1 aliphatic heterocycles. The van der Waals surface area contributed by atoms with E-state index < -0.39 is 30.4 Å². The van der Waals surface area contributed by atoms with Crippen LogP contribution in [0, 0.1) is 5.92 Å². The summed E-state index contributed by atoms with van der Waals surface area (Å²) in [7, 11) is 1.55. The Hall–Kier alpha value is -3.88. The fraction of sp³-hybridized carbons (Fsp3) is 0.360. The number of unbranched alkanes of at least 4 members (excludes halogenated alkanes) is 1. The van der Waals surface area contributed by atoms with Gasteiger partial charge in [0.1, 0.15) is 5.75 Å². The average Bonchev–Trinajstić information content (AvgIpc) is 3.24. The highest BCUT2D eigenvalue weighted by Gasteiger charge is 2.36. The van der Waals surface area contributed by atoms with E-state index in [1.807, 2.05) is 6.92 Å². The van der Waals surface area contributed by atoms with Crippen molar-refractivity contribution < 1.29 is 33.4 Å². The van der Waals surface area contributed by atoms with Gasteiger partial charge in [-0.15, -0.1) is 0 Å². The Bertz CT molecular complexity index is 1020. The van der Waals surface area contributed by atoms with E-state index in [-0.39, 0.29) is 18.9 Å². The topological polar surface area (TPSA) is 111 Å². The smallest absolute Gasteiger partial charge is 0.338 e. The molecular formula is C25H28N2O7. The summed E-state index contributed by atoms with van der Waals surface area (Å²) in [6.07, 6.45) is 1.75. The molecule has 9 heteroatoms. The molecule has 0 aliphatic carbocycles. The summed E-state index contributed by atoms with van der Waals surface area (Å²) in [6, 6.07) is 13.2. The Labute approximate surface area is 198 Å². The molecule has 1 saturated heterocycles. The number of ether oxygens (including phenoxy) is 3. The minimum atomic E-state index is -0.652. The van der Waals surface area contributed by atoms with Gasteiger partial charge in [-0.05, 0) is 55.0 Å². The van der Waals surface area contributed by atoms with Crippen LogP contribution in [0.15, 0.2) is 48.5 Å². The van der Waals surface area contributed by atoms with E-state index in [9.17, 15) is 19.2 Å². The molecule has 0 bridgehead atoms. The number of methoxy groups -OCH3 is 1. The summed E-state index contributed by atoms with van der Waals surface area (Å²) in [5, 5.41) is 2.60. The van der Waals surface area contributed by atoms with E-state index in [0.29, 0.717) is 29.3 Å². The van der Waals surface area contributed by atoms with Crippen molar-refractivity contribution in [2.75, 3.05) is 37.1 Å². The lowest BCUT2D eigenvalue weighted by Crippen LogP contribution is -2.28. The number of esters is 2. The predicted molar refractivity (Wildman–Crippen MR) is 125 cm³/mol. The minimum Gasteiger partial charge on any atom is -0.497 e. The molecule has 34 heavy (non-hydrogen) atoms. The average molecular weight is 469 g/mol. The van der Waals surface area contributed by atoms with Gasteiger partial charge in [-0.3, -0.25) is 14.4 Å². The molecule has 2 aromatic carbocycles. The molecule has 1 aliphatic rings. The number of anilines is 2. The van der Waals surface area contributed by atoms with Crippen molar-refractivity contribution in [2.45, 2.75) is 26.2 Å². The molecule has 9 nitrogen and oxygen atoms in total. The number of carbonyl (C=O) groups is 4. The molecule has 0 saturated carbocycles. The summed E-state index contributed by atoms with van der Waals surface area (Å²) in [4.78, 5) is 50.3. The maximum Gasteiger partial charge on any atom is 0.338 e. The van der Waals surface area contributed by atoms with E-state index >= 15 is 0 Å². The van der Waals surface area contributed by atoms with Crippen LogP contribution in [0.5, 0.6) is 5.75 Å². The number of nitrogens with zero attached hydrogens (tertiary/aromatic N) is 1. The maximum atomic E-state index is 12.4. The number of nitrogens with one attached hydrogen (secondary N) is 1. The summed E-state index contributed by atoms with van der Waals surface area (Å²) in [5.74, 6) is -1.73. The van der Waals surface area contributed by atoms with Crippen LogP contribution in [-0.4, -0.2) is 50.6 Å². The number of rotatable bonds is 10. The lowest BCUT2D eigenvalue weighted by molar-refractivity contribution is -0.151. The molecule has 2 amide bonds. The predicted octanol–water partition coefficient (Wildman–Crippen LogP) is 3.19. The first-order valence-electron chi connectivity index (χ1n) is 11.1. The quantitative estimate of drug-likeness (QED) is 0.421. The third-order valence-corrected chi connectivity index (χ3v) is 5.32. The van der Waals surface area contributed by atoms with Crippen molar-refractivity contribution in [1.82, 2.24) is 0 Å². The highest BCUT2D eigenvalue weighted by Crippen LogP contribution is 2.27. The van der Waals surface area contributed by atoms with Crippen molar-refractivity contribution in [3.63, 3.8) is 0 Å². The zero-order valence-electron chi connectivity index (χ0n) is 19.2. The number of carbonyl (C=O) groups excluding carboxylic acids is 4. The second kappa shape index (κ2) is 11.8. The first-order valence-corrected chi connectivity index (χ1v) is 11.1. The van der Waals surface area contributed by atoms with Gasteiger partial charge in [0.05, 0.1) is 25.2 Å². The Morgan fingerprint density at radius 1 is 1.03 bits per heavy atom. The van der Waals surface area contributed by atoms with Gasteiger partial charge in [0, 0.05) is 24.3 Å². The number of hydrogen-bond donors (Lipinski definition) is 1. The highest BCUT2D eigenvalue weighted by atomic mass is 16.5. The molecule has 1 N–H and O–H groups in total. The summed E-state index contributed by atoms with van der Waals surface area (Å²) < 4.78 is 15.4. The first-order chi connectivity index (χ1) is 16.4. The molecule has 1 fully saturated rings. The fourth-order valence-corrected chi connectivity index (χ4v) is 3.41. The fourth-order valence-electron chi connectivity index (χ4n) is 3.41. The van der Waals surface area contributed by atoms with E-state index in [0.717, 1.165) is 12.8 Å². The van der Waals surface area contributed by atoms with Gasteiger partial charge in [0.15, 0.2) is 6.61 Å². The number of amides is 2. The van der Waals surface area contributed by atoms with Crippen molar-refractivity contribution in [3.8, 4) is 5.75 Å². The SMILES string of the molecule is CCCCOC(=O)c1ccc(NC(=O)COC(=O)[C@H]2CC(=O)N(c3ccc(OC)cc3)C2)cc1. The molecule has 0 aromatic heterocycles. The van der Waals surface area contributed by atoms with Crippen LogP contribution in [0.3, 0.4) is 0 Å². The molecule has 1 heterocycles. The molecule has 0 spiro atoms. The number of hydrogen-bond acceptors (Lipinski definition) is 7. The van der Waals surface area contributed by atoms with Gasteiger partial charge in [-0.25, -0.2) is 4.79 Å². The molecule has 0 radical (unpaired) electrons. The molecule has 180 valence electrons. The van der Waals surface area contributed by atoms with Crippen molar-refractivity contribution >= 4 is 35.1 Å². The lowest BCUT2D eigenvalue weighted by atomic mass is 10.1. The van der Waals surface area contributed by atoms with E-state index in [4.69, 9.17) is 14.2 Å². The minimum absolute atomic E-state index is 0.0162. The third kappa shape index (κ3) is 6.57. The maximum absolute atomic E-state index is 12.4. The Morgan fingerprint density at radius 3 is 2.38 bits per heavy atom. The summed E-state index contributed by atoms with van der Waals surface area (Å²) >= 11 is 0. The second-order valence-electron chi connectivity index (χ2n) is 7.83. The first kappa shape index (κ1) is 24.8. The molecule has 0 unspecified atom stereocenters. The Morgan fingerprint density at radius 2 is 1.74 bits per heavy atom.